The number of primary amides is 1. The summed E-state index contributed by atoms with van der Waals surface area (Å²) in [7, 11) is 1.54. The van der Waals surface area contributed by atoms with Gasteiger partial charge >= 0.3 is 6.03 Å². The van der Waals surface area contributed by atoms with Crippen LogP contribution in [-0.4, -0.2) is 67.5 Å². The van der Waals surface area contributed by atoms with Crippen molar-refractivity contribution in [1.82, 2.24) is 20.9 Å². The summed E-state index contributed by atoms with van der Waals surface area (Å²) in [6, 6.07) is -1.80. The molecule has 0 aromatic rings. The minimum atomic E-state index is -0.819. The van der Waals surface area contributed by atoms with Crippen LogP contribution in [0.25, 0.3) is 0 Å². The van der Waals surface area contributed by atoms with Crippen LogP contribution < -0.4 is 27.4 Å². The Bertz CT molecular complexity index is 495. The van der Waals surface area contributed by atoms with Crippen molar-refractivity contribution in [2.75, 3.05) is 26.7 Å². The zero-order valence-electron chi connectivity index (χ0n) is 14.2. The van der Waals surface area contributed by atoms with Gasteiger partial charge < -0.3 is 21.7 Å². The van der Waals surface area contributed by atoms with Crippen molar-refractivity contribution in [1.29, 1.82) is 0 Å². The predicted octanol–water partition coefficient (Wildman–Crippen LogP) is -1.93. The minimum absolute atomic E-state index is 0.00951. The lowest BCUT2D eigenvalue weighted by atomic mass is 10.1. The summed E-state index contributed by atoms with van der Waals surface area (Å²) in [5.41, 5.74) is 10.9. The maximum atomic E-state index is 12.3. The number of likely N-dealkylation sites (N-methyl/N-ethyl adjacent to an activating group) is 1. The second kappa shape index (κ2) is 9.83. The van der Waals surface area contributed by atoms with Crippen molar-refractivity contribution in [3.8, 4) is 0 Å². The van der Waals surface area contributed by atoms with Crippen LogP contribution >= 0.6 is 0 Å². The Morgan fingerprint density at radius 1 is 1.50 bits per heavy atom. The van der Waals surface area contributed by atoms with Crippen LogP contribution in [0, 0.1) is 0 Å². The average Bonchev–Trinajstić information content (AvgIpc) is 2.50. The Morgan fingerprint density at radius 2 is 2.21 bits per heavy atom. The van der Waals surface area contributed by atoms with Crippen LogP contribution in [0.15, 0.2) is 4.99 Å². The third-order valence-electron chi connectivity index (χ3n) is 3.68. The molecule has 1 aliphatic rings. The Morgan fingerprint density at radius 3 is 2.79 bits per heavy atom. The lowest BCUT2D eigenvalue weighted by Gasteiger charge is -2.30. The molecule has 1 unspecified atom stereocenters. The van der Waals surface area contributed by atoms with E-state index in [2.05, 4.69) is 20.9 Å². The maximum Gasteiger partial charge on any atom is 0.318 e. The van der Waals surface area contributed by atoms with E-state index in [9.17, 15) is 14.4 Å². The fourth-order valence-electron chi connectivity index (χ4n) is 2.30. The van der Waals surface area contributed by atoms with Gasteiger partial charge in [-0.05, 0) is 25.9 Å². The van der Waals surface area contributed by atoms with E-state index in [1.807, 2.05) is 6.92 Å². The lowest BCUT2D eigenvalue weighted by molar-refractivity contribution is -0.138. The zero-order valence-corrected chi connectivity index (χ0v) is 14.2. The molecule has 136 valence electrons. The van der Waals surface area contributed by atoms with E-state index in [0.29, 0.717) is 0 Å². The predicted molar refractivity (Wildman–Crippen MR) is 90.1 cm³/mol. The lowest BCUT2D eigenvalue weighted by Crippen LogP contribution is -2.58. The van der Waals surface area contributed by atoms with Crippen molar-refractivity contribution in [2.45, 2.75) is 38.3 Å². The topological polar surface area (TPSA) is 155 Å². The normalized spacial score (nSPS) is 18.4. The quantitative estimate of drug-likeness (QED) is 0.325. The van der Waals surface area contributed by atoms with E-state index in [4.69, 9.17) is 11.5 Å². The molecule has 24 heavy (non-hydrogen) atoms. The first-order valence-electron chi connectivity index (χ1n) is 7.98. The van der Waals surface area contributed by atoms with Crippen LogP contribution in [0.1, 0.15) is 26.2 Å². The summed E-state index contributed by atoms with van der Waals surface area (Å²) in [5.74, 6) is -0.650. The van der Waals surface area contributed by atoms with Gasteiger partial charge in [-0.1, -0.05) is 6.92 Å². The van der Waals surface area contributed by atoms with Crippen LogP contribution in [-0.2, 0) is 9.59 Å². The Hall–Kier alpha value is -2.20. The molecule has 1 heterocycles. The first-order valence-corrected chi connectivity index (χ1v) is 7.98. The number of carbonyl (C=O) groups excluding carboxylic acids is 3. The summed E-state index contributed by atoms with van der Waals surface area (Å²) in [4.78, 5) is 40.4. The molecule has 0 saturated heterocycles. The Labute approximate surface area is 141 Å². The van der Waals surface area contributed by atoms with Gasteiger partial charge in [0.15, 0.2) is 0 Å². The summed E-state index contributed by atoms with van der Waals surface area (Å²) in [6.45, 7) is 3.85. The Kier molecular flexibility index (Phi) is 8.13. The number of guanidine groups is 1. The van der Waals surface area contributed by atoms with Crippen LogP contribution in [0.2, 0.25) is 0 Å². The number of nitrogens with two attached hydrogens (primary N) is 2. The molecule has 7 N–H and O–H groups in total. The molecule has 1 aliphatic heterocycles. The van der Waals surface area contributed by atoms with E-state index in [-0.39, 0.29) is 30.9 Å². The van der Waals surface area contributed by atoms with E-state index in [1.54, 1.807) is 7.05 Å². The summed E-state index contributed by atoms with van der Waals surface area (Å²) in [6.07, 6.45) is 1.79. The highest BCUT2D eigenvalue weighted by atomic mass is 16.2. The molecular weight excluding hydrogens is 314 g/mol. The summed E-state index contributed by atoms with van der Waals surface area (Å²) >= 11 is 0. The third kappa shape index (κ3) is 6.50. The van der Waals surface area contributed by atoms with Crippen molar-refractivity contribution in [3.05, 3.63) is 0 Å². The van der Waals surface area contributed by atoms with Crippen molar-refractivity contribution < 1.29 is 14.4 Å². The molecule has 2 atom stereocenters. The average molecular weight is 341 g/mol. The number of rotatable bonds is 8. The van der Waals surface area contributed by atoms with Crippen LogP contribution in [0.4, 0.5) is 4.79 Å². The number of aliphatic imine (C=N–C) groups is 1. The molecule has 10 nitrogen and oxygen atoms in total. The number of amides is 4. The van der Waals surface area contributed by atoms with Gasteiger partial charge in [0.1, 0.15) is 6.04 Å². The number of nitrogens with one attached hydrogen (secondary N) is 3. The standard InChI is InChI=1S/C14H27N7O3/c1-3-17-6-4-5-9(15)7-11(22)21(2)10-8-18-14(19-12(10)23)20-13(16)24/h9-10,17H,3-8,15H2,1-2H3,(H4,16,18,19,20,23,24)/t9-,10?/m0/s1. The number of nitrogens with zero attached hydrogens (tertiary/aromatic N) is 2. The number of carbonyl (C=O) groups is 3. The molecule has 0 saturated carbocycles. The molecule has 0 radical (unpaired) electrons. The van der Waals surface area contributed by atoms with Gasteiger partial charge in [-0.25, -0.2) is 9.79 Å². The molecular formula is C14H27N7O3. The SMILES string of the molecule is CCNCCC[C@H](N)CC(=O)N(C)C1CN=C(NC(N)=O)NC1=O. The monoisotopic (exact) mass is 341 g/mol. The highest BCUT2D eigenvalue weighted by Gasteiger charge is 2.31. The van der Waals surface area contributed by atoms with Gasteiger partial charge in [0.2, 0.25) is 11.9 Å². The van der Waals surface area contributed by atoms with E-state index in [1.165, 1.54) is 4.90 Å². The maximum absolute atomic E-state index is 12.3. The molecule has 0 bridgehead atoms. The fourth-order valence-corrected chi connectivity index (χ4v) is 2.30. The molecule has 10 heteroatoms. The molecule has 0 spiro atoms. The summed E-state index contributed by atoms with van der Waals surface area (Å²) in [5, 5.41) is 7.79. The second-order valence-corrected chi connectivity index (χ2v) is 5.65. The van der Waals surface area contributed by atoms with Gasteiger partial charge in [0.05, 0.1) is 6.54 Å². The van der Waals surface area contributed by atoms with Gasteiger partial charge in [-0.3, -0.25) is 20.2 Å². The molecule has 0 aromatic heterocycles. The first kappa shape index (κ1) is 19.8. The van der Waals surface area contributed by atoms with Crippen LogP contribution in [0.5, 0.6) is 0 Å². The Balaban J connectivity index is 2.46. The smallest absolute Gasteiger partial charge is 0.318 e. The van der Waals surface area contributed by atoms with Crippen LogP contribution in [0.3, 0.4) is 0 Å². The zero-order chi connectivity index (χ0) is 18.1. The number of hydrogen-bond acceptors (Lipinski definition) is 6. The van der Waals surface area contributed by atoms with Crippen molar-refractivity contribution >= 4 is 23.8 Å². The van der Waals surface area contributed by atoms with E-state index < -0.39 is 18.0 Å². The number of urea groups is 1. The van der Waals surface area contributed by atoms with E-state index >= 15 is 0 Å². The first-order chi connectivity index (χ1) is 11.3. The second-order valence-electron chi connectivity index (χ2n) is 5.65. The highest BCUT2D eigenvalue weighted by Crippen LogP contribution is 2.07. The molecule has 0 fully saturated rings. The van der Waals surface area contributed by atoms with Gasteiger partial charge in [-0.15, -0.1) is 0 Å². The van der Waals surface area contributed by atoms with E-state index in [0.717, 1.165) is 25.9 Å². The molecule has 1 rings (SSSR count). The fraction of sp³-hybridized carbons (Fsp3) is 0.714. The van der Waals surface area contributed by atoms with Gasteiger partial charge in [-0.2, -0.15) is 0 Å². The van der Waals surface area contributed by atoms with Crippen molar-refractivity contribution in [2.24, 2.45) is 16.5 Å². The van der Waals surface area contributed by atoms with Crippen molar-refractivity contribution in [3.63, 3.8) is 0 Å². The minimum Gasteiger partial charge on any atom is -0.351 e. The molecule has 4 amide bonds. The molecule has 0 aliphatic carbocycles. The highest BCUT2D eigenvalue weighted by molar-refractivity contribution is 6.07. The van der Waals surface area contributed by atoms with Gasteiger partial charge in [0.25, 0.3) is 5.91 Å². The third-order valence-corrected chi connectivity index (χ3v) is 3.68. The summed E-state index contributed by atoms with van der Waals surface area (Å²) < 4.78 is 0. The molecule has 0 aromatic carbocycles. The largest absolute Gasteiger partial charge is 0.351 e. The van der Waals surface area contributed by atoms with Gasteiger partial charge in [0, 0.05) is 19.5 Å². The number of hydrogen-bond donors (Lipinski definition) is 5.